The molecule has 2 saturated heterocycles. The van der Waals surface area contributed by atoms with Crippen molar-refractivity contribution < 1.29 is 18.7 Å². The van der Waals surface area contributed by atoms with Crippen LogP contribution in [0.15, 0.2) is 66.5 Å². The summed E-state index contributed by atoms with van der Waals surface area (Å²) in [6.45, 7) is 8.75. The minimum Gasteiger partial charge on any atom is -0.457 e. The molecule has 2 aromatic carbocycles. The average molecular weight is 652 g/mol. The Bertz CT molecular complexity index is 1910. The molecule has 0 aliphatic carbocycles. The van der Waals surface area contributed by atoms with E-state index in [1.807, 2.05) is 32.0 Å². The number of piperazine rings is 1. The highest BCUT2D eigenvalue weighted by Gasteiger charge is 2.34. The van der Waals surface area contributed by atoms with Gasteiger partial charge in [0.25, 0.3) is 5.91 Å². The second kappa shape index (κ2) is 13.4. The lowest BCUT2D eigenvalue weighted by Gasteiger charge is -2.42. The van der Waals surface area contributed by atoms with Gasteiger partial charge in [-0.1, -0.05) is 18.2 Å². The summed E-state index contributed by atoms with van der Waals surface area (Å²) in [5, 5.41) is 15.3. The van der Waals surface area contributed by atoms with E-state index in [1.165, 1.54) is 12.4 Å². The third kappa shape index (κ3) is 6.57. The highest BCUT2D eigenvalue weighted by Crippen LogP contribution is 2.36. The van der Waals surface area contributed by atoms with Crippen LogP contribution in [0.25, 0.3) is 22.3 Å². The van der Waals surface area contributed by atoms with Gasteiger partial charge in [-0.05, 0) is 57.0 Å². The highest BCUT2D eigenvalue weighted by atomic mass is 19.1. The van der Waals surface area contributed by atoms with Crippen molar-refractivity contribution in [2.45, 2.75) is 45.2 Å². The number of hydrogen-bond donors (Lipinski definition) is 1. The van der Waals surface area contributed by atoms with Crippen LogP contribution in [0.4, 0.5) is 10.2 Å². The van der Waals surface area contributed by atoms with Gasteiger partial charge in [0.1, 0.15) is 46.8 Å². The quantitative estimate of drug-likeness (QED) is 0.224. The zero-order chi connectivity index (χ0) is 34.0. The van der Waals surface area contributed by atoms with E-state index in [0.29, 0.717) is 73.8 Å². The summed E-state index contributed by atoms with van der Waals surface area (Å²) in [7, 11) is 0. The third-order valence-corrected chi connectivity index (χ3v) is 9.11. The first-order chi connectivity index (χ1) is 23.1. The Morgan fingerprint density at radius 2 is 1.79 bits per heavy atom. The van der Waals surface area contributed by atoms with Gasteiger partial charge in [-0.15, -0.1) is 0 Å². The molecule has 2 aliphatic heterocycles. The Kier molecular flexibility index (Phi) is 9.10. The number of piperidine rings is 1. The number of amides is 2. The molecule has 0 saturated carbocycles. The van der Waals surface area contributed by atoms with E-state index >= 15 is 4.39 Å². The van der Waals surface area contributed by atoms with Crippen molar-refractivity contribution in [1.29, 1.82) is 5.26 Å². The SMILES string of the molecule is CC(=O)N1CCN(C(C)(C)C=C(C#N)C(=O)N2CCCC(n3nc(-c4ccc(Oc5ccccc5)cc4F)c4c(N)ncnc43)C2)CC1. The zero-order valence-electron chi connectivity index (χ0n) is 27.3. The van der Waals surface area contributed by atoms with Gasteiger partial charge in [-0.25, -0.2) is 19.0 Å². The number of carbonyl (C=O) groups excluding carboxylic acids is 2. The van der Waals surface area contributed by atoms with Gasteiger partial charge in [0.15, 0.2) is 5.65 Å². The van der Waals surface area contributed by atoms with E-state index < -0.39 is 11.4 Å². The van der Waals surface area contributed by atoms with Crippen LogP contribution in [0.3, 0.4) is 0 Å². The molecule has 248 valence electrons. The number of para-hydroxylation sites is 1. The maximum atomic E-state index is 15.6. The van der Waals surface area contributed by atoms with Crippen LogP contribution in [0.5, 0.6) is 11.5 Å². The molecule has 4 aromatic rings. The van der Waals surface area contributed by atoms with Gasteiger partial charge in [-0.2, -0.15) is 10.4 Å². The fraction of sp³-hybridized carbons (Fsp3) is 0.371. The van der Waals surface area contributed by atoms with E-state index in [-0.39, 0.29) is 41.4 Å². The minimum absolute atomic E-state index is 0.0400. The number of aromatic nitrogens is 4. The second-order valence-electron chi connectivity index (χ2n) is 12.7. The number of anilines is 1. The highest BCUT2D eigenvalue weighted by molar-refractivity contribution is 5.99. The van der Waals surface area contributed by atoms with Crippen LogP contribution in [-0.4, -0.2) is 91.1 Å². The van der Waals surface area contributed by atoms with Crippen molar-refractivity contribution in [1.82, 2.24) is 34.4 Å². The number of benzene rings is 2. The standard InChI is InChI=1S/C35H38FN9O3/c1-23(46)42-14-16-44(17-15-42)35(2,3)19-24(20-37)34(47)43-13-7-8-25(21-43)45-33-30(32(38)39-22-40-33)31(41-45)28-12-11-27(18-29(28)36)48-26-9-5-4-6-10-26/h4-6,9-12,18-19,22,25H,7-8,13-17,21H2,1-3H3,(H2,38,39,40). The number of carbonyl (C=O) groups is 2. The molecular weight excluding hydrogens is 613 g/mol. The van der Waals surface area contributed by atoms with Gasteiger partial charge >= 0.3 is 0 Å². The van der Waals surface area contributed by atoms with Crippen molar-refractivity contribution in [3.05, 3.63) is 72.3 Å². The van der Waals surface area contributed by atoms with Crippen LogP contribution in [-0.2, 0) is 9.59 Å². The lowest BCUT2D eigenvalue weighted by atomic mass is 9.96. The molecule has 6 rings (SSSR count). The lowest BCUT2D eigenvalue weighted by Crippen LogP contribution is -2.55. The van der Waals surface area contributed by atoms with Crippen LogP contribution in [0.2, 0.25) is 0 Å². The Hall–Kier alpha value is -5.35. The summed E-state index contributed by atoms with van der Waals surface area (Å²) in [6.07, 6.45) is 4.43. The number of nitrogens with zero attached hydrogens (tertiary/aromatic N) is 8. The Balaban J connectivity index is 1.25. The molecule has 1 unspecified atom stereocenters. The fourth-order valence-corrected chi connectivity index (χ4v) is 6.51. The number of likely N-dealkylation sites (tertiary alicyclic amines) is 1. The Labute approximate surface area is 278 Å². The molecule has 2 aromatic heterocycles. The van der Waals surface area contributed by atoms with E-state index in [1.54, 1.807) is 51.7 Å². The molecule has 2 aliphatic rings. The summed E-state index contributed by atoms with van der Waals surface area (Å²) >= 11 is 0. The molecule has 4 heterocycles. The maximum Gasteiger partial charge on any atom is 0.264 e. The largest absolute Gasteiger partial charge is 0.457 e. The summed E-state index contributed by atoms with van der Waals surface area (Å²) in [5.41, 5.74) is 6.73. The molecule has 2 fully saturated rings. The predicted octanol–water partition coefficient (Wildman–Crippen LogP) is 4.56. The number of nitrogens with two attached hydrogens (primary N) is 1. The number of halogens is 1. The van der Waals surface area contributed by atoms with Crippen molar-refractivity contribution in [2.75, 3.05) is 45.0 Å². The van der Waals surface area contributed by atoms with E-state index in [0.717, 1.165) is 0 Å². The predicted molar refractivity (Wildman–Crippen MR) is 178 cm³/mol. The molecule has 0 spiro atoms. The second-order valence-corrected chi connectivity index (χ2v) is 12.7. The first-order valence-electron chi connectivity index (χ1n) is 16.0. The average Bonchev–Trinajstić information content (AvgIpc) is 3.48. The number of hydrogen-bond acceptors (Lipinski definition) is 9. The molecule has 2 N–H and O–H groups in total. The van der Waals surface area contributed by atoms with Crippen molar-refractivity contribution in [3.63, 3.8) is 0 Å². The third-order valence-electron chi connectivity index (χ3n) is 9.11. The van der Waals surface area contributed by atoms with Gasteiger partial charge < -0.3 is 20.3 Å². The zero-order valence-corrected chi connectivity index (χ0v) is 27.3. The topological polar surface area (TPSA) is 146 Å². The number of ether oxygens (including phenoxy) is 1. The van der Waals surface area contributed by atoms with Gasteiger partial charge in [0.05, 0.1) is 11.4 Å². The van der Waals surface area contributed by atoms with Crippen molar-refractivity contribution in [2.24, 2.45) is 0 Å². The molecule has 12 nitrogen and oxygen atoms in total. The molecule has 0 radical (unpaired) electrons. The van der Waals surface area contributed by atoms with Crippen molar-refractivity contribution >= 4 is 28.7 Å². The van der Waals surface area contributed by atoms with E-state index in [4.69, 9.17) is 15.6 Å². The van der Waals surface area contributed by atoms with Crippen LogP contribution < -0.4 is 10.5 Å². The number of rotatable bonds is 7. The Morgan fingerprint density at radius 3 is 2.48 bits per heavy atom. The first-order valence-corrected chi connectivity index (χ1v) is 16.0. The number of nitrogen functional groups attached to an aromatic ring is 1. The molecule has 2 amide bonds. The molecular formula is C35H38FN9O3. The Morgan fingerprint density at radius 1 is 1.04 bits per heavy atom. The van der Waals surface area contributed by atoms with Gasteiger partial charge in [0.2, 0.25) is 5.91 Å². The smallest absolute Gasteiger partial charge is 0.264 e. The lowest BCUT2D eigenvalue weighted by molar-refractivity contribution is -0.131. The van der Waals surface area contributed by atoms with Gasteiger partial charge in [0, 0.05) is 63.4 Å². The molecule has 48 heavy (non-hydrogen) atoms. The first kappa shape index (κ1) is 32.6. The van der Waals surface area contributed by atoms with Gasteiger partial charge in [-0.3, -0.25) is 14.5 Å². The normalized spacial score (nSPS) is 17.7. The monoisotopic (exact) mass is 651 g/mol. The van der Waals surface area contributed by atoms with Crippen LogP contribution >= 0.6 is 0 Å². The van der Waals surface area contributed by atoms with Crippen LogP contribution in [0, 0.1) is 17.1 Å². The summed E-state index contributed by atoms with van der Waals surface area (Å²) in [4.78, 5) is 39.8. The molecule has 13 heteroatoms. The fourth-order valence-electron chi connectivity index (χ4n) is 6.51. The van der Waals surface area contributed by atoms with E-state index in [2.05, 4.69) is 20.9 Å². The van der Waals surface area contributed by atoms with Crippen LogP contribution in [0.1, 0.15) is 39.7 Å². The minimum atomic E-state index is -0.577. The molecule has 0 bridgehead atoms. The molecule has 1 atom stereocenters. The van der Waals surface area contributed by atoms with Crippen molar-refractivity contribution in [3.8, 4) is 28.8 Å². The number of nitriles is 1. The van der Waals surface area contributed by atoms with E-state index in [9.17, 15) is 14.9 Å². The summed E-state index contributed by atoms with van der Waals surface area (Å²) in [5.74, 6) is 0.211. The summed E-state index contributed by atoms with van der Waals surface area (Å²) < 4.78 is 23.2. The maximum absolute atomic E-state index is 15.6. The number of fused-ring (bicyclic) bond motifs is 1. The summed E-state index contributed by atoms with van der Waals surface area (Å²) in [6, 6.07) is 15.5.